The smallest absolute Gasteiger partial charge is 0.182 e. The Morgan fingerprint density at radius 3 is 2.85 bits per heavy atom. The molecule has 108 valence electrons. The SMILES string of the molecule is CCCN(CC1CCCCC1)c1ncnc2nc[nH]c12. The van der Waals surface area contributed by atoms with Crippen LogP contribution in [0.2, 0.25) is 0 Å². The summed E-state index contributed by atoms with van der Waals surface area (Å²) in [5, 5.41) is 0. The summed E-state index contributed by atoms with van der Waals surface area (Å²) in [6.07, 6.45) is 11.3. The summed E-state index contributed by atoms with van der Waals surface area (Å²) in [4.78, 5) is 18.6. The Morgan fingerprint density at radius 1 is 1.20 bits per heavy atom. The minimum absolute atomic E-state index is 0.764. The highest BCUT2D eigenvalue weighted by atomic mass is 15.2. The second kappa shape index (κ2) is 6.20. The van der Waals surface area contributed by atoms with Crippen molar-refractivity contribution in [2.24, 2.45) is 5.92 Å². The molecule has 1 saturated carbocycles. The third-order valence-corrected chi connectivity index (χ3v) is 4.20. The fourth-order valence-corrected chi connectivity index (χ4v) is 3.23. The fourth-order valence-electron chi connectivity index (χ4n) is 3.23. The molecule has 0 amide bonds. The molecule has 5 heteroatoms. The van der Waals surface area contributed by atoms with Gasteiger partial charge in [0.05, 0.1) is 6.33 Å². The maximum absolute atomic E-state index is 4.51. The van der Waals surface area contributed by atoms with Crippen LogP contribution in [-0.4, -0.2) is 33.0 Å². The number of nitrogens with one attached hydrogen (secondary N) is 1. The molecule has 0 bridgehead atoms. The zero-order valence-electron chi connectivity index (χ0n) is 12.2. The highest BCUT2D eigenvalue weighted by Gasteiger charge is 2.20. The van der Waals surface area contributed by atoms with Crippen molar-refractivity contribution in [3.05, 3.63) is 12.7 Å². The van der Waals surface area contributed by atoms with Gasteiger partial charge in [0.2, 0.25) is 0 Å². The van der Waals surface area contributed by atoms with Crippen molar-refractivity contribution in [3.8, 4) is 0 Å². The van der Waals surface area contributed by atoms with Crippen molar-refractivity contribution in [3.63, 3.8) is 0 Å². The molecule has 0 unspecified atom stereocenters. The van der Waals surface area contributed by atoms with Crippen LogP contribution in [-0.2, 0) is 0 Å². The number of aromatic amines is 1. The fraction of sp³-hybridized carbons (Fsp3) is 0.667. The molecule has 0 aliphatic heterocycles. The van der Waals surface area contributed by atoms with Gasteiger partial charge < -0.3 is 9.88 Å². The highest BCUT2D eigenvalue weighted by Crippen LogP contribution is 2.27. The zero-order valence-corrected chi connectivity index (χ0v) is 12.2. The average molecular weight is 273 g/mol. The van der Waals surface area contributed by atoms with Gasteiger partial charge >= 0.3 is 0 Å². The predicted octanol–water partition coefficient (Wildman–Crippen LogP) is 3.15. The Labute approximate surface area is 119 Å². The number of hydrogen-bond acceptors (Lipinski definition) is 4. The van der Waals surface area contributed by atoms with E-state index in [9.17, 15) is 0 Å². The van der Waals surface area contributed by atoms with E-state index in [1.54, 1.807) is 12.7 Å². The minimum Gasteiger partial charge on any atom is -0.354 e. The number of fused-ring (bicyclic) bond motifs is 1. The van der Waals surface area contributed by atoms with Crippen LogP contribution in [0, 0.1) is 5.92 Å². The van der Waals surface area contributed by atoms with Crippen molar-refractivity contribution in [1.29, 1.82) is 0 Å². The summed E-state index contributed by atoms with van der Waals surface area (Å²) in [5.41, 5.74) is 1.73. The third-order valence-electron chi connectivity index (χ3n) is 4.20. The molecule has 0 atom stereocenters. The van der Waals surface area contributed by atoms with Crippen LogP contribution in [0.4, 0.5) is 5.82 Å². The van der Waals surface area contributed by atoms with Crippen molar-refractivity contribution in [2.75, 3.05) is 18.0 Å². The number of aromatic nitrogens is 4. The number of hydrogen-bond donors (Lipinski definition) is 1. The molecule has 2 heterocycles. The standard InChI is InChI=1S/C15H23N5/c1-2-8-20(9-12-6-4-3-5-7-12)15-13-14(17-10-16-13)18-11-19-15/h10-12H,2-9H2,1H3,(H,16,17,18,19). The lowest BCUT2D eigenvalue weighted by molar-refractivity contribution is 0.357. The van der Waals surface area contributed by atoms with Gasteiger partial charge in [-0.25, -0.2) is 15.0 Å². The first-order valence-electron chi connectivity index (χ1n) is 7.77. The summed E-state index contributed by atoms with van der Waals surface area (Å²) in [6, 6.07) is 0. The number of rotatable bonds is 5. The lowest BCUT2D eigenvalue weighted by atomic mass is 9.89. The van der Waals surface area contributed by atoms with Crippen LogP contribution in [0.1, 0.15) is 45.4 Å². The van der Waals surface area contributed by atoms with Crippen LogP contribution < -0.4 is 4.90 Å². The van der Waals surface area contributed by atoms with E-state index in [1.807, 2.05) is 0 Å². The number of imidazole rings is 1. The molecule has 3 rings (SSSR count). The van der Waals surface area contributed by atoms with Crippen LogP contribution in [0.15, 0.2) is 12.7 Å². The number of H-pyrrole nitrogens is 1. The average Bonchev–Trinajstić information content (AvgIpc) is 2.96. The van der Waals surface area contributed by atoms with Gasteiger partial charge in [-0.1, -0.05) is 26.2 Å². The van der Waals surface area contributed by atoms with Crippen LogP contribution >= 0.6 is 0 Å². The van der Waals surface area contributed by atoms with Gasteiger partial charge in [-0.05, 0) is 25.2 Å². The normalized spacial score (nSPS) is 16.6. The summed E-state index contributed by atoms with van der Waals surface area (Å²) in [6.45, 7) is 4.37. The second-order valence-electron chi connectivity index (χ2n) is 5.75. The van der Waals surface area contributed by atoms with E-state index < -0.39 is 0 Å². The van der Waals surface area contributed by atoms with Gasteiger partial charge in [0, 0.05) is 13.1 Å². The molecule has 0 saturated heterocycles. The van der Waals surface area contributed by atoms with Gasteiger partial charge in [-0.15, -0.1) is 0 Å². The Hall–Kier alpha value is -1.65. The van der Waals surface area contributed by atoms with Crippen LogP contribution in [0.25, 0.3) is 11.2 Å². The van der Waals surface area contributed by atoms with E-state index in [-0.39, 0.29) is 0 Å². The van der Waals surface area contributed by atoms with Gasteiger partial charge in [0.1, 0.15) is 11.8 Å². The second-order valence-corrected chi connectivity index (χ2v) is 5.75. The first-order chi connectivity index (χ1) is 9.88. The highest BCUT2D eigenvalue weighted by molar-refractivity contribution is 5.82. The van der Waals surface area contributed by atoms with Gasteiger partial charge in [-0.3, -0.25) is 0 Å². The topological polar surface area (TPSA) is 57.7 Å². The first kappa shape index (κ1) is 13.3. The molecule has 1 fully saturated rings. The first-order valence-corrected chi connectivity index (χ1v) is 7.77. The summed E-state index contributed by atoms with van der Waals surface area (Å²) < 4.78 is 0. The minimum atomic E-state index is 0.764. The lowest BCUT2D eigenvalue weighted by Crippen LogP contribution is -2.32. The quantitative estimate of drug-likeness (QED) is 0.909. The molecule has 20 heavy (non-hydrogen) atoms. The Balaban J connectivity index is 1.83. The van der Waals surface area contributed by atoms with Crippen molar-refractivity contribution >= 4 is 17.0 Å². The Bertz CT molecular complexity index is 544. The molecule has 2 aromatic heterocycles. The number of anilines is 1. The molecule has 0 spiro atoms. The monoisotopic (exact) mass is 273 g/mol. The molecule has 2 aromatic rings. The molecular formula is C15H23N5. The van der Waals surface area contributed by atoms with Crippen LogP contribution in [0.5, 0.6) is 0 Å². The van der Waals surface area contributed by atoms with E-state index in [2.05, 4.69) is 31.8 Å². The maximum Gasteiger partial charge on any atom is 0.182 e. The molecule has 1 aliphatic rings. The van der Waals surface area contributed by atoms with Crippen molar-refractivity contribution < 1.29 is 0 Å². The Kier molecular flexibility index (Phi) is 4.14. The van der Waals surface area contributed by atoms with Gasteiger partial charge in [0.15, 0.2) is 11.5 Å². The van der Waals surface area contributed by atoms with E-state index in [0.717, 1.165) is 42.4 Å². The molecule has 5 nitrogen and oxygen atoms in total. The molecule has 1 aliphatic carbocycles. The third kappa shape index (κ3) is 2.76. The van der Waals surface area contributed by atoms with E-state index in [1.165, 1.54) is 32.1 Å². The van der Waals surface area contributed by atoms with E-state index in [0.29, 0.717) is 0 Å². The largest absolute Gasteiger partial charge is 0.354 e. The van der Waals surface area contributed by atoms with Gasteiger partial charge in [-0.2, -0.15) is 0 Å². The summed E-state index contributed by atoms with van der Waals surface area (Å²) >= 11 is 0. The molecule has 1 N–H and O–H groups in total. The molecular weight excluding hydrogens is 250 g/mol. The Morgan fingerprint density at radius 2 is 2.05 bits per heavy atom. The predicted molar refractivity (Wildman–Crippen MR) is 80.8 cm³/mol. The lowest BCUT2D eigenvalue weighted by Gasteiger charge is -2.30. The maximum atomic E-state index is 4.51. The van der Waals surface area contributed by atoms with E-state index >= 15 is 0 Å². The van der Waals surface area contributed by atoms with Gasteiger partial charge in [0.25, 0.3) is 0 Å². The van der Waals surface area contributed by atoms with Crippen molar-refractivity contribution in [1.82, 2.24) is 19.9 Å². The van der Waals surface area contributed by atoms with E-state index in [4.69, 9.17) is 0 Å². The molecule has 0 radical (unpaired) electrons. The number of nitrogens with zero attached hydrogens (tertiary/aromatic N) is 4. The van der Waals surface area contributed by atoms with Crippen molar-refractivity contribution in [2.45, 2.75) is 45.4 Å². The van der Waals surface area contributed by atoms with Crippen LogP contribution in [0.3, 0.4) is 0 Å². The molecule has 0 aromatic carbocycles. The summed E-state index contributed by atoms with van der Waals surface area (Å²) in [7, 11) is 0. The zero-order chi connectivity index (χ0) is 13.8. The summed E-state index contributed by atoms with van der Waals surface area (Å²) in [5.74, 6) is 1.82.